The number of piperidine rings is 1. The molecule has 2 aromatic rings. The summed E-state index contributed by atoms with van der Waals surface area (Å²) in [5.74, 6) is 0.599. The predicted octanol–water partition coefficient (Wildman–Crippen LogP) is 2.18. The Hall–Kier alpha value is -2.53. The average Bonchev–Trinajstić information content (AvgIpc) is 3.18. The molecule has 0 unspecified atom stereocenters. The van der Waals surface area contributed by atoms with Gasteiger partial charge in [-0.2, -0.15) is 4.31 Å². The number of ether oxygens (including phenoxy) is 1. The van der Waals surface area contributed by atoms with Gasteiger partial charge in [0.2, 0.25) is 15.9 Å². The molecule has 3 rings (SSSR count). The molecule has 1 aromatic carbocycles. The number of anilines is 1. The first kappa shape index (κ1) is 23.1. The number of nitrogens with zero attached hydrogens (tertiary/aromatic N) is 5. The molecule has 2 heterocycles. The van der Waals surface area contributed by atoms with Gasteiger partial charge in [0, 0.05) is 18.5 Å². The minimum atomic E-state index is -3.64. The zero-order valence-electron chi connectivity index (χ0n) is 18.5. The minimum Gasteiger partial charge on any atom is -0.492 e. The van der Waals surface area contributed by atoms with Crippen LogP contribution in [0, 0.1) is 0 Å². The van der Waals surface area contributed by atoms with Gasteiger partial charge < -0.3 is 10.1 Å². The summed E-state index contributed by atoms with van der Waals surface area (Å²) in [6.45, 7) is 8.97. The second-order valence-corrected chi connectivity index (χ2v) is 10.5. The summed E-state index contributed by atoms with van der Waals surface area (Å²) in [5.41, 5.74) is -0.0294. The third-order valence-corrected chi connectivity index (χ3v) is 6.87. The van der Waals surface area contributed by atoms with Crippen LogP contribution in [0.15, 0.2) is 23.1 Å². The van der Waals surface area contributed by atoms with E-state index in [4.69, 9.17) is 4.74 Å². The van der Waals surface area contributed by atoms with E-state index in [0.717, 1.165) is 19.3 Å². The predicted molar refractivity (Wildman–Crippen MR) is 115 cm³/mol. The van der Waals surface area contributed by atoms with Gasteiger partial charge in [0.25, 0.3) is 0 Å². The summed E-state index contributed by atoms with van der Waals surface area (Å²) in [7, 11) is -3.64. The zero-order valence-corrected chi connectivity index (χ0v) is 19.3. The lowest BCUT2D eigenvalue weighted by Crippen LogP contribution is -2.35. The fourth-order valence-electron chi connectivity index (χ4n) is 3.48. The summed E-state index contributed by atoms with van der Waals surface area (Å²) in [5, 5.41) is 14.3. The third-order valence-electron chi connectivity index (χ3n) is 4.97. The van der Waals surface area contributed by atoms with Gasteiger partial charge in [-0.25, -0.2) is 13.1 Å². The highest BCUT2D eigenvalue weighted by molar-refractivity contribution is 7.89. The van der Waals surface area contributed by atoms with E-state index >= 15 is 0 Å². The van der Waals surface area contributed by atoms with Crippen molar-refractivity contribution in [3.05, 3.63) is 24.0 Å². The SMILES string of the molecule is CCOc1ccc(S(=O)(=O)N2CCCCC2)cc1NC(=O)Cn1nnnc1C(C)(C)C. The van der Waals surface area contributed by atoms with Crippen molar-refractivity contribution in [2.24, 2.45) is 0 Å². The Morgan fingerprint density at radius 2 is 1.90 bits per heavy atom. The summed E-state index contributed by atoms with van der Waals surface area (Å²) in [6, 6.07) is 4.55. The normalized spacial score (nSPS) is 15.6. The lowest BCUT2D eigenvalue weighted by atomic mass is 9.96. The fraction of sp³-hybridized carbons (Fsp3) is 0.600. The van der Waals surface area contributed by atoms with Crippen LogP contribution in [0.1, 0.15) is 52.8 Å². The molecule has 170 valence electrons. The van der Waals surface area contributed by atoms with Crippen LogP contribution in [-0.4, -0.2) is 58.5 Å². The molecule has 10 nitrogen and oxygen atoms in total. The molecule has 1 aliphatic rings. The van der Waals surface area contributed by atoms with Crippen molar-refractivity contribution in [3.8, 4) is 5.75 Å². The molecule has 0 aliphatic carbocycles. The van der Waals surface area contributed by atoms with Crippen LogP contribution in [0.25, 0.3) is 0 Å². The Morgan fingerprint density at radius 3 is 2.55 bits per heavy atom. The van der Waals surface area contributed by atoms with E-state index in [-0.39, 0.29) is 22.8 Å². The molecule has 1 saturated heterocycles. The molecule has 31 heavy (non-hydrogen) atoms. The van der Waals surface area contributed by atoms with Crippen molar-refractivity contribution < 1.29 is 17.9 Å². The van der Waals surface area contributed by atoms with Gasteiger partial charge in [0.15, 0.2) is 5.82 Å². The molecular weight excluding hydrogens is 420 g/mol. The summed E-state index contributed by atoms with van der Waals surface area (Å²) >= 11 is 0. The zero-order chi connectivity index (χ0) is 22.6. The smallest absolute Gasteiger partial charge is 0.246 e. The van der Waals surface area contributed by atoms with E-state index in [1.165, 1.54) is 21.1 Å². The molecule has 1 N–H and O–H groups in total. The number of benzene rings is 1. The van der Waals surface area contributed by atoms with Crippen LogP contribution in [0.3, 0.4) is 0 Å². The maximum absolute atomic E-state index is 13.0. The first-order valence-electron chi connectivity index (χ1n) is 10.5. The van der Waals surface area contributed by atoms with Gasteiger partial charge >= 0.3 is 0 Å². The maximum Gasteiger partial charge on any atom is 0.246 e. The Kier molecular flexibility index (Phi) is 6.95. The highest BCUT2D eigenvalue weighted by Crippen LogP contribution is 2.30. The van der Waals surface area contributed by atoms with E-state index in [1.54, 1.807) is 6.07 Å². The van der Waals surface area contributed by atoms with E-state index in [2.05, 4.69) is 20.8 Å². The van der Waals surface area contributed by atoms with Gasteiger partial charge in [0.1, 0.15) is 12.3 Å². The molecule has 1 amide bonds. The van der Waals surface area contributed by atoms with Crippen LogP contribution < -0.4 is 10.1 Å². The van der Waals surface area contributed by atoms with Crippen LogP contribution >= 0.6 is 0 Å². The number of carbonyl (C=O) groups excluding carboxylic acids is 1. The van der Waals surface area contributed by atoms with Crippen molar-refractivity contribution in [2.75, 3.05) is 25.0 Å². The van der Waals surface area contributed by atoms with Gasteiger partial charge in [-0.05, 0) is 48.4 Å². The Bertz CT molecular complexity index is 1020. The lowest BCUT2D eigenvalue weighted by molar-refractivity contribution is -0.117. The standard InChI is InChI=1S/C20H30N6O4S/c1-5-30-17-10-9-15(31(28,29)25-11-7-6-8-12-25)13-16(17)21-18(27)14-26-19(20(2,3)4)22-23-24-26/h9-10,13H,5-8,11-12,14H2,1-4H3,(H,21,27). The highest BCUT2D eigenvalue weighted by atomic mass is 32.2. The van der Waals surface area contributed by atoms with Gasteiger partial charge in [0.05, 0.1) is 17.2 Å². The molecule has 0 bridgehead atoms. The lowest BCUT2D eigenvalue weighted by Gasteiger charge is -2.26. The van der Waals surface area contributed by atoms with Crippen LogP contribution in [-0.2, 0) is 26.8 Å². The third kappa shape index (κ3) is 5.40. The number of sulfonamides is 1. The number of nitrogens with one attached hydrogen (secondary N) is 1. The Morgan fingerprint density at radius 1 is 1.19 bits per heavy atom. The minimum absolute atomic E-state index is 0.103. The number of rotatable bonds is 7. The maximum atomic E-state index is 13.0. The molecule has 0 spiro atoms. The number of hydrogen-bond donors (Lipinski definition) is 1. The van der Waals surface area contributed by atoms with E-state index in [9.17, 15) is 13.2 Å². The number of tetrazole rings is 1. The number of amides is 1. The summed E-state index contributed by atoms with van der Waals surface area (Å²) in [6.07, 6.45) is 2.73. The van der Waals surface area contributed by atoms with Gasteiger partial charge in [-0.1, -0.05) is 27.2 Å². The summed E-state index contributed by atoms with van der Waals surface area (Å²) < 4.78 is 34.6. The number of aromatic nitrogens is 4. The molecule has 1 aromatic heterocycles. The number of carbonyl (C=O) groups is 1. The van der Waals surface area contributed by atoms with E-state index in [1.807, 2.05) is 27.7 Å². The second-order valence-electron chi connectivity index (χ2n) is 8.51. The first-order chi connectivity index (χ1) is 14.6. The molecule has 0 atom stereocenters. The molecular formula is C20H30N6O4S. The van der Waals surface area contributed by atoms with Crippen LogP contribution in [0.2, 0.25) is 0 Å². The molecule has 0 saturated carbocycles. The van der Waals surface area contributed by atoms with E-state index in [0.29, 0.717) is 37.0 Å². The molecule has 0 radical (unpaired) electrons. The highest BCUT2D eigenvalue weighted by Gasteiger charge is 2.27. The van der Waals surface area contributed by atoms with Crippen molar-refractivity contribution in [1.82, 2.24) is 24.5 Å². The van der Waals surface area contributed by atoms with Crippen LogP contribution in [0.4, 0.5) is 5.69 Å². The topological polar surface area (TPSA) is 119 Å². The molecule has 1 fully saturated rings. The van der Waals surface area contributed by atoms with Crippen molar-refractivity contribution in [2.45, 2.75) is 63.8 Å². The average molecular weight is 451 g/mol. The molecule has 11 heteroatoms. The van der Waals surface area contributed by atoms with Crippen LogP contribution in [0.5, 0.6) is 5.75 Å². The monoisotopic (exact) mass is 450 g/mol. The van der Waals surface area contributed by atoms with Crippen molar-refractivity contribution >= 4 is 21.6 Å². The second kappa shape index (κ2) is 9.31. The Labute approximate surface area is 183 Å². The first-order valence-corrected chi connectivity index (χ1v) is 11.9. The van der Waals surface area contributed by atoms with Crippen molar-refractivity contribution in [1.29, 1.82) is 0 Å². The Balaban J connectivity index is 1.84. The quantitative estimate of drug-likeness (QED) is 0.686. The van der Waals surface area contributed by atoms with Crippen molar-refractivity contribution in [3.63, 3.8) is 0 Å². The van der Waals surface area contributed by atoms with Gasteiger partial charge in [-0.3, -0.25) is 4.79 Å². The fourth-order valence-corrected chi connectivity index (χ4v) is 5.02. The molecule has 1 aliphatic heterocycles. The number of hydrogen-bond acceptors (Lipinski definition) is 7. The summed E-state index contributed by atoms with van der Waals surface area (Å²) in [4.78, 5) is 12.9. The van der Waals surface area contributed by atoms with Gasteiger partial charge in [-0.15, -0.1) is 5.10 Å². The van der Waals surface area contributed by atoms with E-state index < -0.39 is 10.0 Å². The largest absolute Gasteiger partial charge is 0.492 e.